The summed E-state index contributed by atoms with van der Waals surface area (Å²) in [6, 6.07) is 33.2. The molecule has 0 spiro atoms. The predicted molar refractivity (Wildman–Crippen MR) is 134 cm³/mol. The van der Waals surface area contributed by atoms with Gasteiger partial charge in [0.05, 0.1) is 11.1 Å². The second kappa shape index (κ2) is 11.2. The van der Waals surface area contributed by atoms with E-state index in [1.165, 1.54) is 0 Å². The molecule has 178 valence electrons. The van der Waals surface area contributed by atoms with Gasteiger partial charge in [-0.15, -0.1) is 5.06 Å². The largest absolute Gasteiger partial charge is 0.295 e. The maximum atomic E-state index is 13.0. The first-order chi connectivity index (χ1) is 17.5. The van der Waals surface area contributed by atoms with Crippen LogP contribution in [-0.4, -0.2) is 28.4 Å². The van der Waals surface area contributed by atoms with Crippen molar-refractivity contribution < 1.29 is 24.0 Å². The summed E-state index contributed by atoms with van der Waals surface area (Å²) in [6.07, 6.45) is -1.11. The fourth-order valence-electron chi connectivity index (χ4n) is 3.68. The normalized spacial score (nSPS) is 12.9. The monoisotopic (exact) mass is 477 g/mol. The van der Waals surface area contributed by atoms with Gasteiger partial charge in [0.1, 0.15) is 0 Å². The lowest BCUT2D eigenvalue weighted by atomic mass is 10.00. The molecule has 1 unspecified atom stereocenters. The van der Waals surface area contributed by atoms with Crippen LogP contribution in [0.15, 0.2) is 115 Å². The van der Waals surface area contributed by atoms with E-state index in [1.807, 2.05) is 36.4 Å². The number of hydroxylamine groups is 2. The van der Waals surface area contributed by atoms with Gasteiger partial charge in [-0.25, -0.2) is 4.84 Å². The van der Waals surface area contributed by atoms with E-state index >= 15 is 0 Å². The number of imide groups is 1. The molecule has 1 aliphatic heterocycles. The number of Topliss-reactive ketones (excluding diaryl/α,β-unsaturated/α-hetero) is 2. The molecule has 6 heteroatoms. The van der Waals surface area contributed by atoms with Crippen LogP contribution >= 0.6 is 0 Å². The van der Waals surface area contributed by atoms with E-state index in [2.05, 4.69) is 0 Å². The number of rotatable bonds is 6. The smallest absolute Gasteiger partial charge is 0.285 e. The van der Waals surface area contributed by atoms with Gasteiger partial charge >= 0.3 is 0 Å². The van der Waals surface area contributed by atoms with E-state index < -0.39 is 17.9 Å². The number of benzene rings is 4. The van der Waals surface area contributed by atoms with Gasteiger partial charge < -0.3 is 0 Å². The molecule has 2 amide bonds. The fourth-order valence-corrected chi connectivity index (χ4v) is 3.68. The van der Waals surface area contributed by atoms with Crippen molar-refractivity contribution in [3.05, 3.63) is 143 Å². The number of nitrogens with zero attached hydrogens (tertiary/aromatic N) is 1. The number of carbonyl (C=O) groups is 4. The number of ketones is 2. The Morgan fingerprint density at radius 2 is 1.03 bits per heavy atom. The van der Waals surface area contributed by atoms with E-state index in [-0.39, 0.29) is 22.7 Å². The first kappa shape index (κ1) is 24.4. The molecule has 0 N–H and O–H groups in total. The summed E-state index contributed by atoms with van der Waals surface area (Å²) >= 11 is 0. The van der Waals surface area contributed by atoms with Gasteiger partial charge in [0.2, 0.25) is 0 Å². The summed E-state index contributed by atoms with van der Waals surface area (Å²) in [4.78, 5) is 54.6. The third-order valence-corrected chi connectivity index (χ3v) is 5.55. The maximum absolute atomic E-state index is 13.0. The molecule has 0 saturated heterocycles. The second-order valence-electron chi connectivity index (χ2n) is 8.00. The van der Waals surface area contributed by atoms with Crippen molar-refractivity contribution in [3.8, 4) is 0 Å². The maximum Gasteiger partial charge on any atom is 0.285 e. The topological polar surface area (TPSA) is 80.8 Å². The van der Waals surface area contributed by atoms with Gasteiger partial charge in [0, 0.05) is 11.1 Å². The van der Waals surface area contributed by atoms with Crippen LogP contribution < -0.4 is 0 Å². The molecule has 0 saturated carbocycles. The molecule has 1 heterocycles. The van der Waals surface area contributed by atoms with Crippen LogP contribution in [0.5, 0.6) is 0 Å². The van der Waals surface area contributed by atoms with Gasteiger partial charge in [0.15, 0.2) is 17.7 Å². The summed E-state index contributed by atoms with van der Waals surface area (Å²) in [5.41, 5.74) is 2.30. The van der Waals surface area contributed by atoms with Gasteiger partial charge in [0.25, 0.3) is 11.8 Å². The lowest BCUT2D eigenvalue weighted by Gasteiger charge is -2.22. The molecule has 6 nitrogen and oxygen atoms in total. The predicted octanol–water partition coefficient (Wildman–Crippen LogP) is 5.73. The molecule has 4 aromatic rings. The van der Waals surface area contributed by atoms with Crippen LogP contribution in [-0.2, 0) is 4.84 Å². The summed E-state index contributed by atoms with van der Waals surface area (Å²) in [5.74, 6) is -1.36. The molecule has 0 fully saturated rings. The van der Waals surface area contributed by atoms with E-state index in [9.17, 15) is 19.2 Å². The van der Waals surface area contributed by atoms with Crippen LogP contribution in [0.1, 0.15) is 60.0 Å². The van der Waals surface area contributed by atoms with E-state index in [0.717, 1.165) is 5.56 Å². The first-order valence-corrected chi connectivity index (χ1v) is 11.3. The quantitative estimate of drug-likeness (QED) is 0.262. The average molecular weight is 478 g/mol. The van der Waals surface area contributed by atoms with Crippen molar-refractivity contribution in [2.45, 2.75) is 13.0 Å². The molecular weight excluding hydrogens is 454 g/mol. The zero-order chi connectivity index (χ0) is 25.5. The lowest BCUT2D eigenvalue weighted by Crippen LogP contribution is -2.34. The van der Waals surface area contributed by atoms with Gasteiger partial charge in [-0.1, -0.05) is 103 Å². The highest BCUT2D eigenvalue weighted by Crippen LogP contribution is 2.29. The van der Waals surface area contributed by atoms with Crippen molar-refractivity contribution in [2.75, 3.05) is 0 Å². The van der Waals surface area contributed by atoms with Gasteiger partial charge in [-0.05, 0) is 24.6 Å². The Balaban J connectivity index is 0.000000286. The van der Waals surface area contributed by atoms with Gasteiger partial charge in [-0.2, -0.15) is 0 Å². The molecule has 36 heavy (non-hydrogen) atoms. The molecule has 0 aromatic heterocycles. The molecule has 1 aliphatic rings. The van der Waals surface area contributed by atoms with Crippen molar-refractivity contribution in [3.63, 3.8) is 0 Å². The minimum Gasteiger partial charge on any atom is -0.295 e. The Bertz CT molecular complexity index is 1350. The molecular formula is C30H23NO5. The van der Waals surface area contributed by atoms with Crippen molar-refractivity contribution in [1.29, 1.82) is 0 Å². The number of carbonyl (C=O) groups excluding carboxylic acids is 4. The Morgan fingerprint density at radius 1 is 0.611 bits per heavy atom. The van der Waals surface area contributed by atoms with Crippen LogP contribution in [0.3, 0.4) is 0 Å². The summed E-state index contributed by atoms with van der Waals surface area (Å²) in [7, 11) is 0. The SMILES string of the molecule is CC(=O)c1ccccc1.O=C(c1ccccc1)C(ON1C(=O)c2ccccc2C1=O)c1ccccc1. The molecule has 0 aliphatic carbocycles. The Morgan fingerprint density at radius 3 is 1.47 bits per heavy atom. The summed E-state index contributed by atoms with van der Waals surface area (Å²) < 4.78 is 0. The molecule has 5 rings (SSSR count). The first-order valence-electron chi connectivity index (χ1n) is 11.3. The van der Waals surface area contributed by atoms with Crippen molar-refractivity contribution >= 4 is 23.4 Å². The minimum absolute atomic E-state index is 0.121. The van der Waals surface area contributed by atoms with E-state index in [4.69, 9.17) is 4.84 Å². The number of hydrogen-bond acceptors (Lipinski definition) is 5. The molecule has 4 aromatic carbocycles. The van der Waals surface area contributed by atoms with Crippen LogP contribution in [0.4, 0.5) is 0 Å². The van der Waals surface area contributed by atoms with Crippen LogP contribution in [0, 0.1) is 0 Å². The van der Waals surface area contributed by atoms with E-state index in [1.54, 1.807) is 85.8 Å². The van der Waals surface area contributed by atoms with E-state index in [0.29, 0.717) is 16.2 Å². The zero-order valence-corrected chi connectivity index (χ0v) is 19.5. The summed E-state index contributed by atoms with van der Waals surface area (Å²) in [5, 5.41) is 0.684. The highest BCUT2D eigenvalue weighted by Gasteiger charge is 2.39. The third kappa shape index (κ3) is 5.35. The van der Waals surface area contributed by atoms with Crippen LogP contribution in [0.25, 0.3) is 0 Å². The molecule has 0 radical (unpaired) electrons. The molecule has 1 atom stereocenters. The number of amides is 2. The number of hydrogen-bond donors (Lipinski definition) is 0. The average Bonchev–Trinajstić information content (AvgIpc) is 3.18. The Labute approximate surface area is 208 Å². The fraction of sp³-hybridized carbons (Fsp3) is 0.0667. The Kier molecular flexibility index (Phi) is 7.58. The van der Waals surface area contributed by atoms with Crippen molar-refractivity contribution in [2.24, 2.45) is 0 Å². The van der Waals surface area contributed by atoms with Gasteiger partial charge in [-0.3, -0.25) is 19.2 Å². The molecule has 0 bridgehead atoms. The zero-order valence-electron chi connectivity index (χ0n) is 19.5. The Hall–Kier alpha value is -4.68. The number of fused-ring (bicyclic) bond motifs is 1. The highest BCUT2D eigenvalue weighted by atomic mass is 16.7. The highest BCUT2D eigenvalue weighted by molar-refractivity contribution is 6.20. The van der Waals surface area contributed by atoms with Crippen LogP contribution in [0.2, 0.25) is 0 Å². The lowest BCUT2D eigenvalue weighted by molar-refractivity contribution is -0.119. The standard InChI is InChI=1S/C22H15NO4.C8H8O/c24-19(15-9-3-1-4-10-15)20(16-11-5-2-6-12-16)27-23-21(25)17-13-7-8-14-18(17)22(23)26;1-7(9)8-5-3-2-4-6-8/h1-14,20H;2-6H,1H3. The summed E-state index contributed by atoms with van der Waals surface area (Å²) in [6.45, 7) is 1.56. The second-order valence-corrected chi connectivity index (χ2v) is 8.00. The third-order valence-electron chi connectivity index (χ3n) is 5.55. The minimum atomic E-state index is -1.11. The van der Waals surface area contributed by atoms with Crippen molar-refractivity contribution in [1.82, 2.24) is 5.06 Å².